The fourth-order valence-electron chi connectivity index (χ4n) is 3.08. The molecule has 0 bridgehead atoms. The highest BCUT2D eigenvalue weighted by Crippen LogP contribution is 2.29. The molecule has 0 atom stereocenters. The molecule has 0 spiro atoms. The Kier molecular flexibility index (Phi) is 8.38. The molecule has 0 aliphatic rings. The molecule has 1 aromatic heterocycles. The van der Waals surface area contributed by atoms with Gasteiger partial charge in [0.15, 0.2) is 0 Å². The summed E-state index contributed by atoms with van der Waals surface area (Å²) in [4.78, 5) is 21.8. The number of anilines is 1. The monoisotopic (exact) mass is 433 g/mol. The minimum atomic E-state index is -0.228. The first-order valence-corrected chi connectivity index (χ1v) is 11.1. The molecule has 0 aliphatic carbocycles. The van der Waals surface area contributed by atoms with Crippen LogP contribution >= 0.6 is 11.8 Å². The zero-order valence-electron chi connectivity index (χ0n) is 17.7. The summed E-state index contributed by atoms with van der Waals surface area (Å²) in [7, 11) is 0. The largest absolute Gasteiger partial charge is 0.396 e. The first kappa shape index (κ1) is 22.7. The quantitative estimate of drug-likeness (QED) is 0.268. The third-order valence-electron chi connectivity index (χ3n) is 4.72. The van der Waals surface area contributed by atoms with Gasteiger partial charge in [0.1, 0.15) is 10.9 Å². The molecule has 1 amide bonds. The third kappa shape index (κ3) is 7.05. The van der Waals surface area contributed by atoms with Gasteiger partial charge in [-0.15, -0.1) is 0 Å². The van der Waals surface area contributed by atoms with Crippen molar-refractivity contribution in [3.63, 3.8) is 0 Å². The highest BCUT2D eigenvalue weighted by molar-refractivity contribution is 7.99. The van der Waals surface area contributed by atoms with Crippen molar-refractivity contribution in [1.29, 1.82) is 0 Å². The smallest absolute Gasteiger partial charge is 0.247 e. The SMILES string of the molecule is C=CC(=O)Nc1ccc(Sc2nc(Cc3cccc(CCCCO)c3)ncc2C)cc1. The first-order valence-electron chi connectivity index (χ1n) is 10.3. The Morgan fingerprint density at radius 3 is 2.68 bits per heavy atom. The second-order valence-corrected chi connectivity index (χ2v) is 8.33. The minimum Gasteiger partial charge on any atom is -0.396 e. The topological polar surface area (TPSA) is 75.1 Å². The first-order chi connectivity index (χ1) is 15.1. The number of hydrogen-bond donors (Lipinski definition) is 2. The number of nitrogens with one attached hydrogen (secondary N) is 1. The number of aliphatic hydroxyl groups is 1. The third-order valence-corrected chi connectivity index (χ3v) is 5.84. The van der Waals surface area contributed by atoms with Gasteiger partial charge >= 0.3 is 0 Å². The maximum Gasteiger partial charge on any atom is 0.247 e. The summed E-state index contributed by atoms with van der Waals surface area (Å²) in [5, 5.41) is 12.6. The molecule has 3 aromatic rings. The molecule has 0 unspecified atom stereocenters. The summed E-state index contributed by atoms with van der Waals surface area (Å²) >= 11 is 1.58. The molecule has 1 heterocycles. The number of aryl methyl sites for hydroxylation is 2. The summed E-state index contributed by atoms with van der Waals surface area (Å²) in [5.41, 5.74) is 4.21. The van der Waals surface area contributed by atoms with Gasteiger partial charge in [-0.1, -0.05) is 42.6 Å². The number of aromatic nitrogens is 2. The Labute approximate surface area is 187 Å². The Morgan fingerprint density at radius 1 is 1.16 bits per heavy atom. The van der Waals surface area contributed by atoms with E-state index in [0.717, 1.165) is 46.3 Å². The molecule has 6 heteroatoms. The standard InChI is InChI=1S/C25H27N3O2S/c1-3-24(30)27-21-10-12-22(13-11-21)31-25-18(2)17-26-23(28-25)16-20-9-6-8-19(15-20)7-4-5-14-29/h3,6,8-13,15,17,29H,1,4-5,7,14,16H2,2H3,(H,27,30). The van der Waals surface area contributed by atoms with Crippen LogP contribution in [0.5, 0.6) is 0 Å². The number of carbonyl (C=O) groups excluding carboxylic acids is 1. The fourth-order valence-corrected chi connectivity index (χ4v) is 3.94. The van der Waals surface area contributed by atoms with E-state index >= 15 is 0 Å². The van der Waals surface area contributed by atoms with Gasteiger partial charge in [0.05, 0.1) is 0 Å². The maximum absolute atomic E-state index is 11.4. The van der Waals surface area contributed by atoms with Crippen molar-refractivity contribution in [1.82, 2.24) is 9.97 Å². The number of nitrogens with zero attached hydrogens (tertiary/aromatic N) is 2. The van der Waals surface area contributed by atoms with Crippen molar-refractivity contribution in [2.24, 2.45) is 0 Å². The minimum absolute atomic E-state index is 0.228. The van der Waals surface area contributed by atoms with E-state index in [-0.39, 0.29) is 12.5 Å². The molecule has 0 fully saturated rings. The molecule has 0 aliphatic heterocycles. The molecule has 31 heavy (non-hydrogen) atoms. The lowest BCUT2D eigenvalue weighted by molar-refractivity contribution is -0.111. The predicted octanol–water partition coefficient (Wildman–Crippen LogP) is 4.97. The highest BCUT2D eigenvalue weighted by Gasteiger charge is 2.08. The van der Waals surface area contributed by atoms with Crippen LogP contribution in [-0.4, -0.2) is 27.6 Å². The molecule has 5 nitrogen and oxygen atoms in total. The average Bonchev–Trinajstić information content (AvgIpc) is 2.78. The van der Waals surface area contributed by atoms with Crippen molar-refractivity contribution < 1.29 is 9.90 Å². The summed E-state index contributed by atoms with van der Waals surface area (Å²) in [6, 6.07) is 16.1. The van der Waals surface area contributed by atoms with Crippen LogP contribution in [0, 0.1) is 6.92 Å². The number of aliphatic hydroxyl groups excluding tert-OH is 1. The molecule has 3 rings (SSSR count). The lowest BCUT2D eigenvalue weighted by Crippen LogP contribution is -2.06. The molecule has 160 valence electrons. The van der Waals surface area contributed by atoms with Gasteiger partial charge in [0, 0.05) is 29.8 Å². The molecular weight excluding hydrogens is 406 g/mol. The zero-order chi connectivity index (χ0) is 22.1. The molecular formula is C25H27N3O2S. The molecule has 0 saturated carbocycles. The second-order valence-electron chi connectivity index (χ2n) is 7.27. The van der Waals surface area contributed by atoms with Crippen LogP contribution in [0.4, 0.5) is 5.69 Å². The van der Waals surface area contributed by atoms with Crippen LogP contribution in [0.1, 0.15) is 35.4 Å². The van der Waals surface area contributed by atoms with Gasteiger partial charge in [0.25, 0.3) is 0 Å². The van der Waals surface area contributed by atoms with E-state index < -0.39 is 0 Å². The highest BCUT2D eigenvalue weighted by atomic mass is 32.2. The maximum atomic E-state index is 11.4. The van der Waals surface area contributed by atoms with Crippen LogP contribution in [0.3, 0.4) is 0 Å². The van der Waals surface area contributed by atoms with Gasteiger partial charge in [-0.3, -0.25) is 4.79 Å². The lowest BCUT2D eigenvalue weighted by Gasteiger charge is -2.09. The van der Waals surface area contributed by atoms with Gasteiger partial charge in [-0.05, 0) is 73.2 Å². The van der Waals surface area contributed by atoms with E-state index in [1.165, 1.54) is 17.2 Å². The second kappa shape index (κ2) is 11.4. The summed E-state index contributed by atoms with van der Waals surface area (Å²) in [5.74, 6) is 0.560. The van der Waals surface area contributed by atoms with Crippen molar-refractivity contribution in [3.8, 4) is 0 Å². The summed E-state index contributed by atoms with van der Waals surface area (Å²) in [6.45, 7) is 5.71. The molecule has 2 aromatic carbocycles. The number of unbranched alkanes of at least 4 members (excludes halogenated alkanes) is 1. The van der Waals surface area contributed by atoms with E-state index in [4.69, 9.17) is 10.1 Å². The van der Waals surface area contributed by atoms with E-state index in [9.17, 15) is 4.79 Å². The zero-order valence-corrected chi connectivity index (χ0v) is 18.5. The van der Waals surface area contributed by atoms with Gasteiger partial charge < -0.3 is 10.4 Å². The van der Waals surface area contributed by atoms with E-state index in [2.05, 4.69) is 41.1 Å². The van der Waals surface area contributed by atoms with Crippen molar-refractivity contribution in [3.05, 3.63) is 89.9 Å². The normalized spacial score (nSPS) is 10.6. The van der Waals surface area contributed by atoms with Crippen molar-refractivity contribution in [2.75, 3.05) is 11.9 Å². The lowest BCUT2D eigenvalue weighted by atomic mass is 10.0. The molecule has 2 N–H and O–H groups in total. The van der Waals surface area contributed by atoms with Crippen molar-refractivity contribution >= 4 is 23.4 Å². The Balaban J connectivity index is 1.68. The van der Waals surface area contributed by atoms with Crippen molar-refractivity contribution in [2.45, 2.75) is 42.5 Å². The summed E-state index contributed by atoms with van der Waals surface area (Å²) < 4.78 is 0. The van der Waals surface area contributed by atoms with Gasteiger partial charge in [0.2, 0.25) is 5.91 Å². The van der Waals surface area contributed by atoms with E-state index in [1.54, 1.807) is 11.8 Å². The Hall–Kier alpha value is -2.96. The molecule has 0 radical (unpaired) electrons. The van der Waals surface area contributed by atoms with Crippen LogP contribution < -0.4 is 5.32 Å². The number of carbonyl (C=O) groups is 1. The number of hydrogen-bond acceptors (Lipinski definition) is 5. The molecule has 0 saturated heterocycles. The van der Waals surface area contributed by atoms with Crippen LogP contribution in [0.25, 0.3) is 0 Å². The predicted molar refractivity (Wildman–Crippen MR) is 125 cm³/mol. The van der Waals surface area contributed by atoms with E-state index in [0.29, 0.717) is 6.42 Å². The number of benzene rings is 2. The fraction of sp³-hybridized carbons (Fsp3) is 0.240. The number of amides is 1. The van der Waals surface area contributed by atoms with Gasteiger partial charge in [-0.25, -0.2) is 9.97 Å². The van der Waals surface area contributed by atoms with Crippen LogP contribution in [0.2, 0.25) is 0 Å². The Morgan fingerprint density at radius 2 is 1.94 bits per heavy atom. The summed E-state index contributed by atoms with van der Waals surface area (Å²) in [6.07, 6.45) is 6.57. The number of rotatable bonds is 10. The van der Waals surface area contributed by atoms with Gasteiger partial charge in [-0.2, -0.15) is 0 Å². The average molecular weight is 434 g/mol. The van der Waals surface area contributed by atoms with E-state index in [1.807, 2.05) is 37.4 Å². The Bertz CT molecular complexity index is 1040. The van der Waals surface area contributed by atoms with Crippen LogP contribution in [0.15, 0.2) is 77.3 Å². The van der Waals surface area contributed by atoms with Crippen LogP contribution in [-0.2, 0) is 17.6 Å².